The van der Waals surface area contributed by atoms with Crippen LogP contribution in [0.1, 0.15) is 29.1 Å². The van der Waals surface area contributed by atoms with E-state index in [1.54, 1.807) is 17.5 Å². The highest BCUT2D eigenvalue weighted by Gasteiger charge is 2.47. The Morgan fingerprint density at radius 1 is 1.46 bits per heavy atom. The molecule has 4 heterocycles. The number of nitrogens with zero attached hydrogens (tertiary/aromatic N) is 3. The molecule has 0 saturated carbocycles. The second kappa shape index (κ2) is 6.88. The molecule has 24 heavy (non-hydrogen) atoms. The van der Waals surface area contributed by atoms with Crippen LogP contribution in [0.25, 0.3) is 0 Å². The molecule has 0 radical (unpaired) electrons. The largest absolute Gasteiger partial charge is 0.373 e. The van der Waals surface area contributed by atoms with Crippen LogP contribution in [0.15, 0.2) is 29.9 Å². The lowest BCUT2D eigenvalue weighted by atomic mass is 9.84. The molecule has 5 nitrogen and oxygen atoms in total. The van der Waals surface area contributed by atoms with E-state index in [1.807, 2.05) is 19.2 Å². The number of hydrogen-bond donors (Lipinski definition) is 0. The molecule has 2 aliphatic rings. The monoisotopic (exact) mass is 345 g/mol. The smallest absolute Gasteiger partial charge is 0.107 e. The van der Waals surface area contributed by atoms with Crippen LogP contribution in [0.3, 0.4) is 0 Å². The number of rotatable bonds is 5. The van der Waals surface area contributed by atoms with Gasteiger partial charge in [-0.15, -0.1) is 11.3 Å². The van der Waals surface area contributed by atoms with Crippen LogP contribution >= 0.6 is 11.3 Å². The average molecular weight is 345 g/mol. The molecule has 128 valence electrons. The summed E-state index contributed by atoms with van der Waals surface area (Å²) >= 11 is 1.74. The third-order valence-corrected chi connectivity index (χ3v) is 5.66. The Morgan fingerprint density at radius 2 is 2.38 bits per heavy atom. The standard InChI is InChI=1S/C18H23N3O2S/c1-14-11-24-17(20-14)9-21-12-18(13-21)7-16(4-6-23-18)22-10-15-3-2-5-19-8-15/h2-3,5,8,11,16H,4,6-7,9-10,12-13H2,1H3/t16-/m0/s1. The molecule has 0 aromatic carbocycles. The van der Waals surface area contributed by atoms with Crippen LogP contribution < -0.4 is 0 Å². The Morgan fingerprint density at radius 3 is 3.12 bits per heavy atom. The lowest BCUT2D eigenvalue weighted by molar-refractivity contribution is -0.200. The topological polar surface area (TPSA) is 47.5 Å². The predicted molar refractivity (Wildman–Crippen MR) is 92.9 cm³/mol. The van der Waals surface area contributed by atoms with Gasteiger partial charge in [0.1, 0.15) is 5.01 Å². The summed E-state index contributed by atoms with van der Waals surface area (Å²) in [5.74, 6) is 0. The van der Waals surface area contributed by atoms with Crippen molar-refractivity contribution in [2.75, 3.05) is 19.7 Å². The number of aryl methyl sites for hydroxylation is 1. The summed E-state index contributed by atoms with van der Waals surface area (Å²) in [4.78, 5) is 11.1. The van der Waals surface area contributed by atoms with E-state index >= 15 is 0 Å². The molecule has 2 aliphatic heterocycles. The van der Waals surface area contributed by atoms with Crippen molar-refractivity contribution < 1.29 is 9.47 Å². The zero-order valence-corrected chi connectivity index (χ0v) is 14.8. The van der Waals surface area contributed by atoms with Gasteiger partial charge in [-0.2, -0.15) is 0 Å². The summed E-state index contributed by atoms with van der Waals surface area (Å²) in [7, 11) is 0. The van der Waals surface area contributed by atoms with Crippen molar-refractivity contribution in [3.05, 3.63) is 46.2 Å². The summed E-state index contributed by atoms with van der Waals surface area (Å²) in [6.07, 6.45) is 5.91. The van der Waals surface area contributed by atoms with Crippen molar-refractivity contribution in [1.29, 1.82) is 0 Å². The molecule has 1 atom stereocenters. The lowest BCUT2D eigenvalue weighted by Crippen LogP contribution is -2.65. The van der Waals surface area contributed by atoms with Crippen LogP contribution in [0, 0.1) is 6.92 Å². The van der Waals surface area contributed by atoms with Crippen LogP contribution in [-0.4, -0.2) is 46.3 Å². The zero-order chi connectivity index (χ0) is 16.4. The fraction of sp³-hybridized carbons (Fsp3) is 0.556. The summed E-state index contributed by atoms with van der Waals surface area (Å²) in [6.45, 7) is 6.38. The van der Waals surface area contributed by atoms with Gasteiger partial charge in [-0.05, 0) is 25.0 Å². The molecule has 2 aromatic heterocycles. The minimum absolute atomic E-state index is 0.00976. The second-order valence-electron chi connectivity index (χ2n) is 6.85. The molecule has 0 N–H and O–H groups in total. The highest BCUT2D eigenvalue weighted by Crippen LogP contribution is 2.36. The SMILES string of the molecule is Cc1csc(CN2CC3(C[C@@H](OCc4cccnc4)CCO3)C2)n1. The van der Waals surface area contributed by atoms with Gasteiger partial charge in [-0.1, -0.05) is 6.07 Å². The quantitative estimate of drug-likeness (QED) is 0.834. The van der Waals surface area contributed by atoms with Gasteiger partial charge < -0.3 is 9.47 Å². The maximum absolute atomic E-state index is 6.11. The summed E-state index contributed by atoms with van der Waals surface area (Å²) in [6, 6.07) is 4.01. The zero-order valence-electron chi connectivity index (χ0n) is 14.0. The van der Waals surface area contributed by atoms with Gasteiger partial charge in [-0.3, -0.25) is 9.88 Å². The Labute approximate surface area is 146 Å². The summed E-state index contributed by atoms with van der Waals surface area (Å²) < 4.78 is 12.2. The van der Waals surface area contributed by atoms with E-state index in [4.69, 9.17) is 9.47 Å². The molecule has 2 fully saturated rings. The minimum Gasteiger partial charge on any atom is -0.373 e. The van der Waals surface area contributed by atoms with Crippen molar-refractivity contribution in [1.82, 2.24) is 14.9 Å². The lowest BCUT2D eigenvalue weighted by Gasteiger charge is -2.53. The molecule has 2 saturated heterocycles. The van der Waals surface area contributed by atoms with E-state index < -0.39 is 0 Å². The highest BCUT2D eigenvalue weighted by molar-refractivity contribution is 7.09. The maximum atomic E-state index is 6.11. The van der Waals surface area contributed by atoms with E-state index in [9.17, 15) is 0 Å². The third-order valence-electron chi connectivity index (χ3n) is 4.71. The molecular weight excluding hydrogens is 322 g/mol. The van der Waals surface area contributed by atoms with Crippen LogP contribution in [0.2, 0.25) is 0 Å². The molecule has 6 heteroatoms. The Kier molecular flexibility index (Phi) is 4.63. The first-order chi connectivity index (χ1) is 11.7. The molecule has 2 aromatic rings. The van der Waals surface area contributed by atoms with E-state index in [0.29, 0.717) is 6.61 Å². The van der Waals surface area contributed by atoms with Crippen LogP contribution in [0.5, 0.6) is 0 Å². The Balaban J connectivity index is 1.26. The minimum atomic E-state index is -0.00976. The first kappa shape index (κ1) is 16.1. The Bertz CT molecular complexity index is 670. The molecule has 1 spiro atoms. The van der Waals surface area contributed by atoms with E-state index in [-0.39, 0.29) is 11.7 Å². The van der Waals surface area contributed by atoms with Crippen molar-refractivity contribution in [3.8, 4) is 0 Å². The average Bonchev–Trinajstić information content (AvgIpc) is 2.98. The van der Waals surface area contributed by atoms with E-state index in [1.165, 1.54) is 5.01 Å². The van der Waals surface area contributed by atoms with Gasteiger partial charge in [0.2, 0.25) is 0 Å². The highest BCUT2D eigenvalue weighted by atomic mass is 32.1. The maximum Gasteiger partial charge on any atom is 0.107 e. The third kappa shape index (κ3) is 3.67. The summed E-state index contributed by atoms with van der Waals surface area (Å²) in [5.41, 5.74) is 2.24. The molecule has 0 unspecified atom stereocenters. The van der Waals surface area contributed by atoms with E-state index in [0.717, 1.165) is 50.3 Å². The van der Waals surface area contributed by atoms with Crippen molar-refractivity contribution in [2.45, 2.75) is 44.6 Å². The second-order valence-corrected chi connectivity index (χ2v) is 7.79. The van der Waals surface area contributed by atoms with Gasteiger partial charge in [0, 0.05) is 49.6 Å². The molecule has 0 aliphatic carbocycles. The normalized spacial score (nSPS) is 23.3. The number of pyridine rings is 1. The van der Waals surface area contributed by atoms with Crippen molar-refractivity contribution >= 4 is 11.3 Å². The fourth-order valence-corrected chi connectivity index (χ4v) is 4.40. The Hall–Kier alpha value is -1.34. The number of ether oxygens (including phenoxy) is 2. The number of aromatic nitrogens is 2. The fourth-order valence-electron chi connectivity index (χ4n) is 3.59. The van der Waals surface area contributed by atoms with E-state index in [2.05, 4.69) is 26.3 Å². The van der Waals surface area contributed by atoms with Gasteiger partial charge >= 0.3 is 0 Å². The van der Waals surface area contributed by atoms with Gasteiger partial charge in [-0.25, -0.2) is 4.98 Å². The van der Waals surface area contributed by atoms with Crippen LogP contribution in [0.4, 0.5) is 0 Å². The predicted octanol–water partition coefficient (Wildman–Crippen LogP) is 2.80. The molecule has 0 amide bonds. The van der Waals surface area contributed by atoms with Crippen molar-refractivity contribution in [2.24, 2.45) is 0 Å². The summed E-state index contributed by atoms with van der Waals surface area (Å²) in [5, 5.41) is 3.31. The number of likely N-dealkylation sites (tertiary alicyclic amines) is 1. The number of thiazole rings is 1. The molecular formula is C18H23N3O2S. The van der Waals surface area contributed by atoms with Crippen LogP contribution in [-0.2, 0) is 22.6 Å². The van der Waals surface area contributed by atoms with Crippen molar-refractivity contribution in [3.63, 3.8) is 0 Å². The van der Waals surface area contributed by atoms with Gasteiger partial charge in [0.15, 0.2) is 0 Å². The van der Waals surface area contributed by atoms with Gasteiger partial charge in [0.25, 0.3) is 0 Å². The first-order valence-electron chi connectivity index (χ1n) is 8.49. The number of hydrogen-bond acceptors (Lipinski definition) is 6. The molecule has 4 rings (SSSR count). The van der Waals surface area contributed by atoms with Gasteiger partial charge in [0.05, 0.1) is 24.9 Å². The first-order valence-corrected chi connectivity index (χ1v) is 9.37. The molecule has 0 bridgehead atoms.